The van der Waals surface area contributed by atoms with E-state index >= 15 is 0 Å². The first-order valence-corrected chi connectivity index (χ1v) is 9.95. The van der Waals surface area contributed by atoms with E-state index in [4.69, 9.17) is 9.72 Å². The average Bonchev–Trinajstić information content (AvgIpc) is 3.15. The molecule has 2 amide bonds. The Balaban J connectivity index is 1.83. The molecule has 2 heterocycles. The molecule has 1 fully saturated rings. The molecule has 1 aliphatic rings. The van der Waals surface area contributed by atoms with Crippen molar-refractivity contribution in [1.82, 2.24) is 15.2 Å². The van der Waals surface area contributed by atoms with Gasteiger partial charge in [0.15, 0.2) is 0 Å². The molecule has 1 N–H and O–H groups in total. The van der Waals surface area contributed by atoms with Gasteiger partial charge in [-0.15, -0.1) is 0 Å². The predicted molar refractivity (Wildman–Crippen MR) is 109 cm³/mol. The van der Waals surface area contributed by atoms with E-state index in [1.54, 1.807) is 0 Å². The molecule has 0 radical (unpaired) electrons. The van der Waals surface area contributed by atoms with Crippen LogP contribution in [0.25, 0.3) is 10.9 Å². The van der Waals surface area contributed by atoms with Crippen molar-refractivity contribution >= 4 is 22.7 Å². The summed E-state index contributed by atoms with van der Waals surface area (Å²) in [4.78, 5) is 31.7. The van der Waals surface area contributed by atoms with Crippen LogP contribution < -0.4 is 5.32 Å². The normalized spacial score (nSPS) is 16.9. The maximum absolute atomic E-state index is 12.7. The maximum atomic E-state index is 12.7. The van der Waals surface area contributed by atoms with E-state index in [-0.39, 0.29) is 36.5 Å². The number of pyridine rings is 1. The lowest BCUT2D eigenvalue weighted by atomic mass is 9.99. The van der Waals surface area contributed by atoms with Crippen molar-refractivity contribution in [3.63, 3.8) is 0 Å². The second kappa shape index (κ2) is 8.69. The number of aromatic nitrogens is 1. The molecule has 150 valence electrons. The lowest BCUT2D eigenvalue weighted by molar-refractivity contribution is -0.136. The number of rotatable bonds is 6. The summed E-state index contributed by atoms with van der Waals surface area (Å²) in [6.07, 6.45) is 0.871. The molecule has 0 saturated carbocycles. The molecule has 1 saturated heterocycles. The Bertz CT molecular complexity index is 863. The Morgan fingerprint density at radius 1 is 1.25 bits per heavy atom. The molecular weight excluding hydrogens is 354 g/mol. The van der Waals surface area contributed by atoms with E-state index in [2.05, 4.69) is 5.32 Å². The smallest absolute Gasteiger partial charge is 0.252 e. The van der Waals surface area contributed by atoms with Gasteiger partial charge in [-0.2, -0.15) is 0 Å². The zero-order chi connectivity index (χ0) is 20.3. The lowest BCUT2D eigenvalue weighted by Crippen LogP contribution is -2.32. The summed E-state index contributed by atoms with van der Waals surface area (Å²) in [5, 5.41) is 3.82. The quantitative estimate of drug-likeness (QED) is 0.832. The molecule has 1 aliphatic heterocycles. The number of likely N-dealkylation sites (tertiary alicyclic amines) is 1. The van der Waals surface area contributed by atoms with Crippen LogP contribution in [-0.2, 0) is 9.53 Å². The fourth-order valence-electron chi connectivity index (χ4n) is 3.49. The van der Waals surface area contributed by atoms with Crippen LogP contribution in [0, 0.1) is 0 Å². The summed E-state index contributed by atoms with van der Waals surface area (Å²) in [7, 11) is 0. The summed E-state index contributed by atoms with van der Waals surface area (Å²) in [6.45, 7) is 9.14. The van der Waals surface area contributed by atoms with Crippen molar-refractivity contribution < 1.29 is 14.3 Å². The number of nitrogens with zero attached hydrogens (tertiary/aromatic N) is 2. The predicted octanol–water partition coefficient (Wildman–Crippen LogP) is 3.11. The molecule has 3 rings (SSSR count). The van der Waals surface area contributed by atoms with Crippen molar-refractivity contribution in [2.45, 2.75) is 52.2 Å². The van der Waals surface area contributed by atoms with Gasteiger partial charge in [0.25, 0.3) is 5.91 Å². The van der Waals surface area contributed by atoms with Crippen molar-refractivity contribution in [2.75, 3.05) is 19.7 Å². The Morgan fingerprint density at radius 3 is 2.71 bits per heavy atom. The number of nitrogens with one attached hydrogen (secondary N) is 1. The van der Waals surface area contributed by atoms with Crippen molar-refractivity contribution in [2.24, 2.45) is 0 Å². The first-order valence-electron chi connectivity index (χ1n) is 9.95. The molecule has 6 heteroatoms. The Kier molecular flexibility index (Phi) is 6.29. The minimum Gasteiger partial charge on any atom is -0.369 e. The SMILES string of the molecule is CC(C)NC(=O)c1cc([C@H]2CCN(C(=O)COC(C)C)C2)nc2ccccc12. The van der Waals surface area contributed by atoms with Crippen LogP contribution in [0.2, 0.25) is 0 Å². The fourth-order valence-corrected chi connectivity index (χ4v) is 3.49. The third kappa shape index (κ3) is 4.68. The highest BCUT2D eigenvalue weighted by Crippen LogP contribution is 2.29. The van der Waals surface area contributed by atoms with E-state index in [0.717, 1.165) is 23.0 Å². The molecule has 1 aromatic heterocycles. The molecule has 0 bridgehead atoms. The van der Waals surface area contributed by atoms with Crippen molar-refractivity contribution in [3.05, 3.63) is 41.6 Å². The number of carbonyl (C=O) groups is 2. The third-order valence-electron chi connectivity index (χ3n) is 4.90. The van der Waals surface area contributed by atoms with E-state index < -0.39 is 0 Å². The number of hydrogen-bond donors (Lipinski definition) is 1. The minimum atomic E-state index is -0.0916. The Labute approximate surface area is 166 Å². The van der Waals surface area contributed by atoms with Gasteiger partial charge in [-0.25, -0.2) is 0 Å². The van der Waals surface area contributed by atoms with Crippen LogP contribution in [0.5, 0.6) is 0 Å². The third-order valence-corrected chi connectivity index (χ3v) is 4.90. The number of amides is 2. The van der Waals surface area contributed by atoms with E-state index in [1.807, 2.05) is 62.9 Å². The van der Waals surface area contributed by atoms with Gasteiger partial charge in [0.05, 0.1) is 17.2 Å². The second-order valence-corrected chi connectivity index (χ2v) is 7.93. The van der Waals surface area contributed by atoms with E-state index in [0.29, 0.717) is 18.7 Å². The molecule has 1 aromatic carbocycles. The molecule has 28 heavy (non-hydrogen) atoms. The van der Waals surface area contributed by atoms with Gasteiger partial charge in [-0.3, -0.25) is 14.6 Å². The summed E-state index contributed by atoms with van der Waals surface area (Å²) in [5.41, 5.74) is 2.32. The highest BCUT2D eigenvalue weighted by Gasteiger charge is 2.29. The van der Waals surface area contributed by atoms with Crippen molar-refractivity contribution in [3.8, 4) is 0 Å². The van der Waals surface area contributed by atoms with Gasteiger partial charge in [0.2, 0.25) is 5.91 Å². The first-order chi connectivity index (χ1) is 13.3. The summed E-state index contributed by atoms with van der Waals surface area (Å²) >= 11 is 0. The van der Waals surface area contributed by atoms with Gasteiger partial charge in [0, 0.05) is 36.1 Å². The van der Waals surface area contributed by atoms with Gasteiger partial charge in [0.1, 0.15) is 6.61 Å². The number of benzene rings is 1. The van der Waals surface area contributed by atoms with Crippen LogP contribution in [0.4, 0.5) is 0 Å². The average molecular weight is 383 g/mol. The van der Waals surface area contributed by atoms with Crippen LogP contribution in [0.3, 0.4) is 0 Å². The molecule has 0 unspecified atom stereocenters. The standard InChI is InChI=1S/C22H29N3O3/c1-14(2)23-22(27)18-11-20(24-19-8-6-5-7-17(18)19)16-9-10-25(12-16)21(26)13-28-15(3)4/h5-8,11,14-16H,9-10,12-13H2,1-4H3,(H,23,27)/t16-/m0/s1. The van der Waals surface area contributed by atoms with Crippen LogP contribution in [0.1, 0.15) is 56.1 Å². The summed E-state index contributed by atoms with van der Waals surface area (Å²) in [6, 6.07) is 9.65. The van der Waals surface area contributed by atoms with Crippen LogP contribution >= 0.6 is 0 Å². The van der Waals surface area contributed by atoms with Gasteiger partial charge in [-0.1, -0.05) is 18.2 Å². The van der Waals surface area contributed by atoms with Gasteiger partial charge >= 0.3 is 0 Å². The number of ether oxygens (including phenoxy) is 1. The highest BCUT2D eigenvalue weighted by atomic mass is 16.5. The van der Waals surface area contributed by atoms with Crippen molar-refractivity contribution in [1.29, 1.82) is 0 Å². The minimum absolute atomic E-state index is 0.00904. The molecule has 1 atom stereocenters. The summed E-state index contributed by atoms with van der Waals surface area (Å²) < 4.78 is 5.44. The van der Waals surface area contributed by atoms with Crippen LogP contribution in [-0.4, -0.2) is 53.5 Å². The van der Waals surface area contributed by atoms with Crippen LogP contribution in [0.15, 0.2) is 30.3 Å². The number of hydrogen-bond acceptors (Lipinski definition) is 4. The topological polar surface area (TPSA) is 71.5 Å². The zero-order valence-corrected chi connectivity index (χ0v) is 17.1. The molecular formula is C22H29N3O3. The molecule has 0 spiro atoms. The Morgan fingerprint density at radius 2 is 2.00 bits per heavy atom. The van der Waals surface area contributed by atoms with E-state index in [9.17, 15) is 9.59 Å². The maximum Gasteiger partial charge on any atom is 0.252 e. The number of para-hydroxylation sites is 1. The van der Waals surface area contributed by atoms with Gasteiger partial charge < -0.3 is 15.0 Å². The van der Waals surface area contributed by atoms with Gasteiger partial charge in [-0.05, 0) is 46.2 Å². The highest BCUT2D eigenvalue weighted by molar-refractivity contribution is 6.06. The monoisotopic (exact) mass is 383 g/mol. The molecule has 2 aromatic rings. The zero-order valence-electron chi connectivity index (χ0n) is 17.1. The second-order valence-electron chi connectivity index (χ2n) is 7.93. The first kappa shape index (κ1) is 20.3. The molecule has 0 aliphatic carbocycles. The fraction of sp³-hybridized carbons (Fsp3) is 0.500. The lowest BCUT2D eigenvalue weighted by Gasteiger charge is -2.18. The number of fused-ring (bicyclic) bond motifs is 1. The Hall–Kier alpha value is -2.47. The number of carbonyl (C=O) groups excluding carboxylic acids is 2. The largest absolute Gasteiger partial charge is 0.369 e. The molecule has 6 nitrogen and oxygen atoms in total. The summed E-state index contributed by atoms with van der Waals surface area (Å²) in [5.74, 6) is 0.0408. The van der Waals surface area contributed by atoms with E-state index in [1.165, 1.54) is 0 Å².